The van der Waals surface area contributed by atoms with Gasteiger partial charge in [0.25, 0.3) is 0 Å². The molecule has 140 valence electrons. The largest absolute Gasteiger partial charge is 0.479 e. The van der Waals surface area contributed by atoms with Gasteiger partial charge < -0.3 is 18.6 Å². The highest BCUT2D eigenvalue weighted by atomic mass is 16.6. The van der Waals surface area contributed by atoms with E-state index in [-0.39, 0.29) is 17.8 Å². The molecular formula is C21H20O6. The van der Waals surface area contributed by atoms with Gasteiger partial charge in [-0.05, 0) is 45.0 Å². The van der Waals surface area contributed by atoms with Gasteiger partial charge in [0.1, 0.15) is 22.8 Å². The Hall–Kier alpha value is -3.28. The molecule has 0 aliphatic carbocycles. The van der Waals surface area contributed by atoms with Crippen molar-refractivity contribution in [2.45, 2.75) is 26.9 Å². The van der Waals surface area contributed by atoms with Crippen LogP contribution in [0.1, 0.15) is 19.6 Å². The lowest BCUT2D eigenvalue weighted by Gasteiger charge is -2.14. The van der Waals surface area contributed by atoms with E-state index in [9.17, 15) is 9.59 Å². The Morgan fingerprint density at radius 2 is 1.85 bits per heavy atom. The van der Waals surface area contributed by atoms with Crippen molar-refractivity contribution in [3.63, 3.8) is 0 Å². The van der Waals surface area contributed by atoms with Crippen molar-refractivity contribution in [2.75, 3.05) is 6.61 Å². The average molecular weight is 368 g/mol. The molecule has 3 rings (SSSR count). The Labute approximate surface area is 156 Å². The first-order valence-corrected chi connectivity index (χ1v) is 8.63. The molecule has 1 atom stereocenters. The minimum atomic E-state index is -0.768. The molecule has 0 saturated carbocycles. The number of hydrogen-bond acceptors (Lipinski definition) is 6. The van der Waals surface area contributed by atoms with Gasteiger partial charge in [-0.2, -0.15) is 0 Å². The first kappa shape index (κ1) is 18.5. The van der Waals surface area contributed by atoms with Crippen LogP contribution in [0.2, 0.25) is 0 Å². The predicted molar refractivity (Wildman–Crippen MR) is 100 cm³/mol. The summed E-state index contributed by atoms with van der Waals surface area (Å²) in [7, 11) is 0. The SMILES string of the molecule is CCOC(=O)[C@H](C)Oc1ccc2c(=O)c(Oc3ccccc3)c(C)oc2c1. The van der Waals surface area contributed by atoms with E-state index in [1.54, 1.807) is 51.1 Å². The number of carbonyl (C=O) groups is 1. The van der Waals surface area contributed by atoms with Gasteiger partial charge in [-0.1, -0.05) is 18.2 Å². The Bertz CT molecular complexity index is 1010. The van der Waals surface area contributed by atoms with Gasteiger partial charge in [0, 0.05) is 6.07 Å². The first-order valence-electron chi connectivity index (χ1n) is 8.63. The second-order valence-corrected chi connectivity index (χ2v) is 5.90. The normalized spacial score (nSPS) is 11.8. The van der Waals surface area contributed by atoms with E-state index < -0.39 is 12.1 Å². The third-order valence-corrected chi connectivity index (χ3v) is 3.88. The topological polar surface area (TPSA) is 75.0 Å². The zero-order chi connectivity index (χ0) is 19.4. The molecule has 0 bridgehead atoms. The Morgan fingerprint density at radius 3 is 2.56 bits per heavy atom. The molecule has 0 amide bonds. The molecule has 2 aromatic carbocycles. The molecule has 0 saturated heterocycles. The Kier molecular flexibility index (Phi) is 5.45. The van der Waals surface area contributed by atoms with Crippen LogP contribution in [-0.4, -0.2) is 18.7 Å². The van der Waals surface area contributed by atoms with E-state index in [4.69, 9.17) is 18.6 Å². The summed E-state index contributed by atoms with van der Waals surface area (Å²) in [5.74, 6) is 0.994. The van der Waals surface area contributed by atoms with Crippen LogP contribution in [0, 0.1) is 6.92 Å². The molecule has 0 spiro atoms. The summed E-state index contributed by atoms with van der Waals surface area (Å²) < 4.78 is 22.0. The molecule has 0 fully saturated rings. The standard InChI is InChI=1S/C21H20O6/c1-4-24-21(23)14(3)25-16-10-11-17-18(12-16)26-13(2)20(19(17)22)27-15-8-6-5-7-9-15/h5-12,14H,4H2,1-3H3/t14-/m0/s1. The molecule has 0 radical (unpaired) electrons. The van der Waals surface area contributed by atoms with Crippen molar-refractivity contribution < 1.29 is 23.4 Å². The Balaban J connectivity index is 1.91. The van der Waals surface area contributed by atoms with Crippen molar-refractivity contribution in [1.82, 2.24) is 0 Å². The highest BCUT2D eigenvalue weighted by Gasteiger charge is 2.18. The lowest BCUT2D eigenvalue weighted by atomic mass is 10.2. The van der Waals surface area contributed by atoms with Gasteiger partial charge in [-0.3, -0.25) is 4.79 Å². The summed E-state index contributed by atoms with van der Waals surface area (Å²) in [5.41, 5.74) is 0.0778. The molecule has 0 unspecified atom stereocenters. The molecule has 1 aromatic heterocycles. The lowest BCUT2D eigenvalue weighted by molar-refractivity contribution is -0.150. The first-order chi connectivity index (χ1) is 13.0. The fourth-order valence-corrected chi connectivity index (χ4v) is 2.58. The van der Waals surface area contributed by atoms with E-state index in [1.807, 2.05) is 18.2 Å². The molecule has 0 N–H and O–H groups in total. The molecule has 0 aliphatic rings. The van der Waals surface area contributed by atoms with Crippen molar-refractivity contribution in [3.8, 4) is 17.2 Å². The predicted octanol–water partition coefficient (Wildman–Crippen LogP) is 4.22. The zero-order valence-electron chi connectivity index (χ0n) is 15.4. The van der Waals surface area contributed by atoms with Crippen molar-refractivity contribution >= 4 is 16.9 Å². The number of fused-ring (bicyclic) bond motifs is 1. The zero-order valence-corrected chi connectivity index (χ0v) is 15.4. The number of aryl methyl sites for hydroxylation is 1. The maximum atomic E-state index is 12.8. The van der Waals surface area contributed by atoms with Crippen LogP contribution in [0.15, 0.2) is 57.7 Å². The fourth-order valence-electron chi connectivity index (χ4n) is 2.58. The van der Waals surface area contributed by atoms with Gasteiger partial charge in [0.2, 0.25) is 11.2 Å². The molecule has 6 nitrogen and oxygen atoms in total. The minimum absolute atomic E-state index is 0.141. The number of ether oxygens (including phenoxy) is 3. The quantitative estimate of drug-likeness (QED) is 0.606. The number of carbonyl (C=O) groups excluding carboxylic acids is 1. The summed E-state index contributed by atoms with van der Waals surface area (Å²) >= 11 is 0. The summed E-state index contributed by atoms with van der Waals surface area (Å²) in [4.78, 5) is 24.5. The fraction of sp³-hybridized carbons (Fsp3) is 0.238. The second kappa shape index (κ2) is 7.95. The van der Waals surface area contributed by atoms with Gasteiger partial charge >= 0.3 is 5.97 Å². The van der Waals surface area contributed by atoms with Crippen LogP contribution < -0.4 is 14.9 Å². The summed E-state index contributed by atoms with van der Waals surface area (Å²) in [6.45, 7) is 5.27. The van der Waals surface area contributed by atoms with Crippen molar-refractivity contribution in [2.24, 2.45) is 0 Å². The van der Waals surface area contributed by atoms with Crippen LogP contribution in [0.5, 0.6) is 17.2 Å². The number of para-hydroxylation sites is 1. The molecule has 1 heterocycles. The van der Waals surface area contributed by atoms with E-state index in [0.29, 0.717) is 28.2 Å². The summed E-state index contributed by atoms with van der Waals surface area (Å²) in [6.07, 6.45) is -0.768. The van der Waals surface area contributed by atoms with Gasteiger partial charge in [0.05, 0.1) is 12.0 Å². The number of benzene rings is 2. The van der Waals surface area contributed by atoms with Crippen LogP contribution in [0.4, 0.5) is 0 Å². The van der Waals surface area contributed by atoms with Crippen LogP contribution in [-0.2, 0) is 9.53 Å². The molecular weight excluding hydrogens is 348 g/mol. The van der Waals surface area contributed by atoms with E-state index >= 15 is 0 Å². The molecule has 3 aromatic rings. The van der Waals surface area contributed by atoms with Crippen LogP contribution in [0.3, 0.4) is 0 Å². The maximum absolute atomic E-state index is 12.8. The second-order valence-electron chi connectivity index (χ2n) is 5.90. The van der Waals surface area contributed by atoms with E-state index in [0.717, 1.165) is 0 Å². The Morgan fingerprint density at radius 1 is 1.11 bits per heavy atom. The third kappa shape index (κ3) is 4.11. The van der Waals surface area contributed by atoms with E-state index in [2.05, 4.69) is 0 Å². The highest BCUT2D eigenvalue weighted by molar-refractivity contribution is 5.80. The summed E-state index contributed by atoms with van der Waals surface area (Å²) in [5, 5.41) is 0.364. The highest BCUT2D eigenvalue weighted by Crippen LogP contribution is 2.27. The van der Waals surface area contributed by atoms with Crippen molar-refractivity contribution in [3.05, 3.63) is 64.5 Å². The molecule has 27 heavy (non-hydrogen) atoms. The van der Waals surface area contributed by atoms with Gasteiger partial charge in [-0.15, -0.1) is 0 Å². The van der Waals surface area contributed by atoms with Gasteiger partial charge in [0.15, 0.2) is 6.10 Å². The number of esters is 1. The van der Waals surface area contributed by atoms with Crippen LogP contribution >= 0.6 is 0 Å². The third-order valence-electron chi connectivity index (χ3n) is 3.88. The summed E-state index contributed by atoms with van der Waals surface area (Å²) in [6, 6.07) is 13.8. The number of rotatable bonds is 6. The number of hydrogen-bond donors (Lipinski definition) is 0. The van der Waals surface area contributed by atoms with E-state index in [1.165, 1.54) is 0 Å². The van der Waals surface area contributed by atoms with Crippen LogP contribution in [0.25, 0.3) is 11.0 Å². The monoisotopic (exact) mass is 368 g/mol. The molecule has 0 aliphatic heterocycles. The molecule has 6 heteroatoms. The maximum Gasteiger partial charge on any atom is 0.347 e. The smallest absolute Gasteiger partial charge is 0.347 e. The average Bonchev–Trinajstić information content (AvgIpc) is 2.66. The lowest BCUT2D eigenvalue weighted by Crippen LogP contribution is -2.26. The van der Waals surface area contributed by atoms with Gasteiger partial charge in [-0.25, -0.2) is 4.79 Å². The van der Waals surface area contributed by atoms with Crippen molar-refractivity contribution in [1.29, 1.82) is 0 Å². The minimum Gasteiger partial charge on any atom is -0.479 e.